The molecule has 0 fully saturated rings. The van der Waals surface area contributed by atoms with Gasteiger partial charge in [0.1, 0.15) is 0 Å². The fraction of sp³-hybridized carbons (Fsp3) is 0.682. The molecule has 0 aromatic heterocycles. The van der Waals surface area contributed by atoms with E-state index >= 15 is 0 Å². The van der Waals surface area contributed by atoms with E-state index in [1.807, 2.05) is 0 Å². The van der Waals surface area contributed by atoms with Crippen LogP contribution in [0.5, 0.6) is 0 Å². The second-order valence-corrected chi connectivity index (χ2v) is 8.12. The Labute approximate surface area is 149 Å². The van der Waals surface area contributed by atoms with Gasteiger partial charge in [0.15, 0.2) is 0 Å². The second kappa shape index (κ2) is 9.84. The maximum Gasteiger partial charge on any atom is 0.0659 e. The van der Waals surface area contributed by atoms with E-state index in [9.17, 15) is 5.26 Å². The minimum Gasteiger partial charge on any atom is -0.379 e. The molecule has 0 aliphatic carbocycles. The van der Waals surface area contributed by atoms with Crippen molar-refractivity contribution in [3.05, 3.63) is 35.4 Å². The molecule has 0 bridgehead atoms. The van der Waals surface area contributed by atoms with E-state index in [1.54, 1.807) is 7.11 Å². The number of rotatable bonds is 10. The minimum atomic E-state index is -0.0352. The van der Waals surface area contributed by atoms with E-state index in [4.69, 9.17) is 4.74 Å². The van der Waals surface area contributed by atoms with Gasteiger partial charge in [0.05, 0.1) is 17.6 Å². The molecule has 0 spiro atoms. The molecule has 0 radical (unpaired) electrons. The molecule has 0 N–H and O–H groups in total. The lowest BCUT2D eigenvalue weighted by molar-refractivity contribution is 0.0126. The van der Waals surface area contributed by atoms with Crippen molar-refractivity contribution in [2.45, 2.75) is 78.2 Å². The zero-order valence-electron chi connectivity index (χ0n) is 16.4. The van der Waals surface area contributed by atoms with Crippen molar-refractivity contribution in [2.24, 2.45) is 11.8 Å². The van der Waals surface area contributed by atoms with Crippen LogP contribution >= 0.6 is 0 Å². The van der Waals surface area contributed by atoms with Gasteiger partial charge in [-0.05, 0) is 56.1 Å². The summed E-state index contributed by atoms with van der Waals surface area (Å²) in [6, 6.07) is 11.3. The molecule has 134 valence electrons. The van der Waals surface area contributed by atoms with Gasteiger partial charge >= 0.3 is 0 Å². The lowest BCUT2D eigenvalue weighted by Crippen LogP contribution is -2.22. The van der Waals surface area contributed by atoms with E-state index in [1.165, 1.54) is 11.1 Å². The molecule has 0 aliphatic rings. The van der Waals surface area contributed by atoms with Gasteiger partial charge in [0, 0.05) is 7.11 Å². The van der Waals surface area contributed by atoms with Gasteiger partial charge in [-0.3, -0.25) is 0 Å². The van der Waals surface area contributed by atoms with Crippen molar-refractivity contribution in [3.63, 3.8) is 0 Å². The summed E-state index contributed by atoms with van der Waals surface area (Å²) in [5, 5.41) is 9.50. The monoisotopic (exact) mass is 329 g/mol. The smallest absolute Gasteiger partial charge is 0.0659 e. The van der Waals surface area contributed by atoms with Crippen molar-refractivity contribution >= 4 is 0 Å². The Hall–Kier alpha value is -1.33. The van der Waals surface area contributed by atoms with Gasteiger partial charge in [-0.1, -0.05) is 57.9 Å². The van der Waals surface area contributed by atoms with Gasteiger partial charge < -0.3 is 4.74 Å². The summed E-state index contributed by atoms with van der Waals surface area (Å²) >= 11 is 0. The second-order valence-electron chi connectivity index (χ2n) is 8.12. The third-order valence-corrected chi connectivity index (χ3v) is 5.03. The Balaban J connectivity index is 2.45. The fourth-order valence-electron chi connectivity index (χ4n) is 3.09. The predicted molar refractivity (Wildman–Crippen MR) is 102 cm³/mol. The number of methoxy groups -OCH3 is 1. The summed E-state index contributed by atoms with van der Waals surface area (Å²) < 4.78 is 5.47. The van der Waals surface area contributed by atoms with Crippen LogP contribution in [-0.4, -0.2) is 12.7 Å². The molecule has 0 saturated heterocycles. The maximum atomic E-state index is 9.50. The van der Waals surface area contributed by atoms with Crippen LogP contribution in [0.3, 0.4) is 0 Å². The first-order valence-corrected chi connectivity index (χ1v) is 9.31. The third-order valence-electron chi connectivity index (χ3n) is 5.03. The molecule has 2 heteroatoms. The Kier molecular flexibility index (Phi) is 8.50. The van der Waals surface area contributed by atoms with Crippen molar-refractivity contribution < 1.29 is 4.74 Å². The highest BCUT2D eigenvalue weighted by Gasteiger charge is 2.18. The van der Waals surface area contributed by atoms with Crippen LogP contribution in [0.2, 0.25) is 0 Å². The maximum absolute atomic E-state index is 9.50. The average Bonchev–Trinajstić information content (AvgIpc) is 2.54. The molecule has 0 amide bonds. The normalized spacial score (nSPS) is 14.4. The Morgan fingerprint density at radius 2 is 1.75 bits per heavy atom. The first-order valence-electron chi connectivity index (χ1n) is 9.31. The Morgan fingerprint density at radius 3 is 2.25 bits per heavy atom. The largest absolute Gasteiger partial charge is 0.379 e. The molecular weight excluding hydrogens is 294 g/mol. The SMILES string of the molecule is COC(C)(C)CCCC(C)CC(C#N)Cc1ccc(C(C)C)cc1. The number of nitrogens with zero attached hydrogens (tertiary/aromatic N) is 1. The minimum absolute atomic E-state index is 0.0352. The van der Waals surface area contributed by atoms with Crippen LogP contribution in [-0.2, 0) is 11.2 Å². The topological polar surface area (TPSA) is 33.0 Å². The summed E-state index contributed by atoms with van der Waals surface area (Å²) in [7, 11) is 1.78. The predicted octanol–water partition coefficient (Wildman–Crippen LogP) is 6.11. The number of hydrogen-bond donors (Lipinski definition) is 0. The zero-order valence-corrected chi connectivity index (χ0v) is 16.4. The lowest BCUT2D eigenvalue weighted by Gasteiger charge is -2.24. The van der Waals surface area contributed by atoms with Crippen molar-refractivity contribution in [3.8, 4) is 6.07 Å². The number of ether oxygens (including phenoxy) is 1. The van der Waals surface area contributed by atoms with E-state index in [2.05, 4.69) is 65.0 Å². The molecule has 1 rings (SSSR count). The zero-order chi connectivity index (χ0) is 18.2. The lowest BCUT2D eigenvalue weighted by atomic mass is 9.87. The first kappa shape index (κ1) is 20.7. The summed E-state index contributed by atoms with van der Waals surface area (Å²) in [6.07, 6.45) is 5.24. The van der Waals surface area contributed by atoms with Crippen LogP contribution in [0.15, 0.2) is 24.3 Å². The molecule has 24 heavy (non-hydrogen) atoms. The molecule has 2 atom stereocenters. The van der Waals surface area contributed by atoms with Crippen molar-refractivity contribution in [2.75, 3.05) is 7.11 Å². The summed E-state index contributed by atoms with van der Waals surface area (Å²) in [5.74, 6) is 1.25. The van der Waals surface area contributed by atoms with E-state index in [0.717, 1.165) is 32.1 Å². The Morgan fingerprint density at radius 1 is 1.12 bits per heavy atom. The van der Waals surface area contributed by atoms with Crippen LogP contribution < -0.4 is 0 Å². The fourth-order valence-corrected chi connectivity index (χ4v) is 3.09. The van der Waals surface area contributed by atoms with Crippen molar-refractivity contribution in [1.82, 2.24) is 0 Å². The Bertz CT molecular complexity index is 510. The molecule has 2 unspecified atom stereocenters. The van der Waals surface area contributed by atoms with Gasteiger partial charge in [-0.15, -0.1) is 0 Å². The molecule has 1 aromatic carbocycles. The van der Waals surface area contributed by atoms with E-state index in [0.29, 0.717) is 11.8 Å². The molecule has 0 heterocycles. The van der Waals surface area contributed by atoms with Gasteiger partial charge in [0.2, 0.25) is 0 Å². The van der Waals surface area contributed by atoms with Crippen LogP contribution in [0.1, 0.15) is 77.3 Å². The molecule has 0 saturated carbocycles. The van der Waals surface area contributed by atoms with Gasteiger partial charge in [0.25, 0.3) is 0 Å². The van der Waals surface area contributed by atoms with Crippen LogP contribution in [0.25, 0.3) is 0 Å². The quantitative estimate of drug-likeness (QED) is 0.518. The summed E-state index contributed by atoms with van der Waals surface area (Å²) in [4.78, 5) is 0. The average molecular weight is 330 g/mol. The van der Waals surface area contributed by atoms with E-state index < -0.39 is 0 Å². The highest BCUT2D eigenvalue weighted by atomic mass is 16.5. The van der Waals surface area contributed by atoms with Crippen molar-refractivity contribution in [1.29, 1.82) is 5.26 Å². The number of benzene rings is 1. The number of nitriles is 1. The molecule has 0 aliphatic heterocycles. The standard InChI is InChI=1S/C22H35NO/c1-17(2)21-11-9-19(10-12-21)15-20(16-23)14-18(3)8-7-13-22(4,5)24-6/h9-12,17-18,20H,7-8,13-15H2,1-6H3. The summed E-state index contributed by atoms with van der Waals surface area (Å²) in [6.45, 7) is 11.0. The third kappa shape index (κ3) is 7.49. The molecular formula is C22H35NO. The highest BCUT2D eigenvalue weighted by molar-refractivity contribution is 5.25. The first-order chi connectivity index (χ1) is 11.3. The highest BCUT2D eigenvalue weighted by Crippen LogP contribution is 2.24. The van der Waals surface area contributed by atoms with Gasteiger partial charge in [-0.25, -0.2) is 0 Å². The molecule has 2 nitrogen and oxygen atoms in total. The van der Waals surface area contributed by atoms with Crippen LogP contribution in [0, 0.1) is 23.2 Å². The molecule has 1 aromatic rings. The van der Waals surface area contributed by atoms with Crippen LogP contribution in [0.4, 0.5) is 0 Å². The summed E-state index contributed by atoms with van der Waals surface area (Å²) in [5.41, 5.74) is 2.60. The number of hydrogen-bond acceptors (Lipinski definition) is 2. The van der Waals surface area contributed by atoms with Gasteiger partial charge in [-0.2, -0.15) is 5.26 Å². The van der Waals surface area contributed by atoms with E-state index in [-0.39, 0.29) is 11.5 Å².